The van der Waals surface area contributed by atoms with Crippen LogP contribution in [-0.2, 0) is 4.74 Å². The number of nitrogens with zero attached hydrogens (tertiary/aromatic N) is 2. The van der Waals surface area contributed by atoms with E-state index in [0.717, 1.165) is 37.1 Å². The van der Waals surface area contributed by atoms with E-state index in [1.807, 2.05) is 13.1 Å². The van der Waals surface area contributed by atoms with Gasteiger partial charge in [-0.2, -0.15) is 0 Å². The van der Waals surface area contributed by atoms with Crippen molar-refractivity contribution < 1.29 is 4.74 Å². The molecule has 4 rings (SSSR count). The molecule has 5 unspecified atom stereocenters. The van der Waals surface area contributed by atoms with Crippen LogP contribution >= 0.6 is 11.6 Å². The molecule has 0 bridgehead atoms. The van der Waals surface area contributed by atoms with E-state index in [9.17, 15) is 0 Å². The molecule has 2 heterocycles. The first-order valence-corrected chi connectivity index (χ1v) is 11.3. The molecular formula is C23H35ClN4O. The first-order valence-electron chi connectivity index (χ1n) is 11.0. The molecule has 0 radical (unpaired) electrons. The zero-order valence-electron chi connectivity index (χ0n) is 18.1. The van der Waals surface area contributed by atoms with Crippen LogP contribution in [0.4, 0.5) is 0 Å². The van der Waals surface area contributed by atoms with Crippen LogP contribution < -0.4 is 10.6 Å². The van der Waals surface area contributed by atoms with E-state index >= 15 is 0 Å². The number of nitrogens with one attached hydrogen (secondary N) is 2. The summed E-state index contributed by atoms with van der Waals surface area (Å²) in [6.45, 7) is 7.52. The van der Waals surface area contributed by atoms with Crippen molar-refractivity contribution in [1.82, 2.24) is 15.5 Å². The number of ether oxygens (including phenoxy) is 1. The Kier molecular flexibility index (Phi) is 6.10. The molecule has 3 fully saturated rings. The van der Waals surface area contributed by atoms with Crippen LogP contribution in [0.1, 0.15) is 44.7 Å². The minimum Gasteiger partial charge on any atom is -0.377 e. The summed E-state index contributed by atoms with van der Waals surface area (Å²) < 4.78 is 5.94. The number of benzene rings is 1. The maximum Gasteiger partial charge on any atom is 0.191 e. The molecule has 0 spiro atoms. The van der Waals surface area contributed by atoms with Gasteiger partial charge in [-0.15, -0.1) is 0 Å². The molecule has 2 aliphatic heterocycles. The van der Waals surface area contributed by atoms with Crippen molar-refractivity contribution in [2.45, 2.75) is 51.3 Å². The summed E-state index contributed by atoms with van der Waals surface area (Å²) in [4.78, 5) is 6.99. The lowest BCUT2D eigenvalue weighted by Gasteiger charge is -2.55. The summed E-state index contributed by atoms with van der Waals surface area (Å²) in [7, 11) is 4.09. The normalized spacial score (nSPS) is 34.4. The molecule has 6 heteroatoms. The number of guanidine groups is 1. The minimum absolute atomic E-state index is 0.146. The van der Waals surface area contributed by atoms with Gasteiger partial charge in [0, 0.05) is 48.6 Å². The number of hydrogen-bond acceptors (Lipinski definition) is 3. The molecule has 5 atom stereocenters. The Morgan fingerprint density at radius 3 is 2.93 bits per heavy atom. The second-order valence-electron chi connectivity index (χ2n) is 9.52. The zero-order chi connectivity index (χ0) is 20.6. The third-order valence-corrected chi connectivity index (χ3v) is 7.58. The molecule has 1 aliphatic carbocycles. The van der Waals surface area contributed by atoms with Crippen molar-refractivity contribution in [3.63, 3.8) is 0 Å². The fraction of sp³-hybridized carbons (Fsp3) is 0.696. The minimum atomic E-state index is 0.146. The van der Waals surface area contributed by atoms with Crippen LogP contribution in [-0.4, -0.2) is 56.8 Å². The van der Waals surface area contributed by atoms with Gasteiger partial charge in [-0.1, -0.05) is 37.6 Å². The van der Waals surface area contributed by atoms with E-state index in [2.05, 4.69) is 59.6 Å². The van der Waals surface area contributed by atoms with Gasteiger partial charge in [-0.05, 0) is 56.5 Å². The van der Waals surface area contributed by atoms with Crippen LogP contribution in [0, 0.1) is 17.3 Å². The average Bonchev–Trinajstić information content (AvgIpc) is 3.15. The van der Waals surface area contributed by atoms with E-state index < -0.39 is 0 Å². The van der Waals surface area contributed by atoms with Crippen molar-refractivity contribution in [3.05, 3.63) is 34.9 Å². The molecule has 0 amide bonds. The fourth-order valence-electron chi connectivity index (χ4n) is 5.88. The molecule has 160 valence electrons. The molecule has 1 aromatic carbocycles. The van der Waals surface area contributed by atoms with E-state index in [4.69, 9.17) is 16.3 Å². The molecule has 29 heavy (non-hydrogen) atoms. The molecule has 5 nitrogen and oxygen atoms in total. The SMILES string of the molecule is CN=C(NCC1CCCN(C)C1c1cccc(Cl)c1)NC1C2CCOC2C1(C)C. The van der Waals surface area contributed by atoms with Gasteiger partial charge < -0.3 is 15.4 Å². The Labute approximate surface area is 180 Å². The summed E-state index contributed by atoms with van der Waals surface area (Å²) in [6, 6.07) is 9.12. The van der Waals surface area contributed by atoms with Crippen LogP contribution in [0.15, 0.2) is 29.3 Å². The van der Waals surface area contributed by atoms with Gasteiger partial charge in [0.2, 0.25) is 0 Å². The Morgan fingerprint density at radius 1 is 1.34 bits per heavy atom. The highest BCUT2D eigenvalue weighted by atomic mass is 35.5. The summed E-state index contributed by atoms with van der Waals surface area (Å²) in [6.07, 6.45) is 3.96. The maximum atomic E-state index is 6.29. The third-order valence-electron chi connectivity index (χ3n) is 7.35. The summed E-state index contributed by atoms with van der Waals surface area (Å²) in [5.74, 6) is 2.03. The predicted octanol–water partition coefficient (Wildman–Crippen LogP) is 3.70. The van der Waals surface area contributed by atoms with Gasteiger partial charge in [0.1, 0.15) is 0 Å². The number of fused-ring (bicyclic) bond motifs is 1. The van der Waals surface area contributed by atoms with E-state index in [1.165, 1.54) is 18.4 Å². The largest absolute Gasteiger partial charge is 0.377 e. The topological polar surface area (TPSA) is 48.9 Å². The number of rotatable bonds is 4. The highest BCUT2D eigenvalue weighted by Gasteiger charge is 2.59. The van der Waals surface area contributed by atoms with Gasteiger partial charge in [0.05, 0.1) is 6.10 Å². The Morgan fingerprint density at radius 2 is 2.17 bits per heavy atom. The Hall–Kier alpha value is -1.30. The van der Waals surface area contributed by atoms with Crippen molar-refractivity contribution in [2.75, 3.05) is 33.8 Å². The molecule has 3 aliphatic rings. The number of halogens is 1. The highest BCUT2D eigenvalue weighted by molar-refractivity contribution is 6.30. The molecular weight excluding hydrogens is 384 g/mol. The second-order valence-corrected chi connectivity index (χ2v) is 9.96. The van der Waals surface area contributed by atoms with Gasteiger partial charge in [0.25, 0.3) is 0 Å². The van der Waals surface area contributed by atoms with Crippen molar-refractivity contribution in [2.24, 2.45) is 22.2 Å². The first kappa shape index (κ1) is 21.0. The summed E-state index contributed by atoms with van der Waals surface area (Å²) >= 11 is 6.29. The number of aliphatic imine (C=N–C) groups is 1. The Bertz CT molecular complexity index is 752. The van der Waals surface area contributed by atoms with Crippen molar-refractivity contribution in [1.29, 1.82) is 0 Å². The van der Waals surface area contributed by atoms with Crippen LogP contribution in [0.5, 0.6) is 0 Å². The quantitative estimate of drug-likeness (QED) is 0.578. The van der Waals surface area contributed by atoms with Crippen LogP contribution in [0.2, 0.25) is 5.02 Å². The number of hydrogen-bond donors (Lipinski definition) is 2. The van der Waals surface area contributed by atoms with Gasteiger partial charge >= 0.3 is 0 Å². The fourth-order valence-corrected chi connectivity index (χ4v) is 6.08. The molecule has 1 saturated carbocycles. The average molecular weight is 419 g/mol. The number of likely N-dealkylation sites (tertiary alicyclic amines) is 1. The standard InChI is InChI=1S/C23H35ClN4O/c1-23(2)20(18-10-12-29-21(18)23)27-22(25-3)26-14-16-8-6-11-28(4)19(16)15-7-5-9-17(24)13-15/h5,7,9,13,16,18-21H,6,8,10-12,14H2,1-4H3,(H2,25,26,27). The van der Waals surface area contributed by atoms with E-state index in [-0.39, 0.29) is 5.41 Å². The molecule has 1 aromatic rings. The zero-order valence-corrected chi connectivity index (χ0v) is 18.9. The Balaban J connectivity index is 1.41. The predicted molar refractivity (Wildman–Crippen MR) is 119 cm³/mol. The lowest BCUT2D eigenvalue weighted by molar-refractivity contribution is -0.106. The van der Waals surface area contributed by atoms with Crippen molar-refractivity contribution in [3.8, 4) is 0 Å². The third kappa shape index (κ3) is 4.01. The van der Waals surface area contributed by atoms with Gasteiger partial charge in [-0.3, -0.25) is 9.89 Å². The lowest BCUT2D eigenvalue weighted by Crippen LogP contribution is -2.68. The monoisotopic (exact) mass is 418 g/mol. The number of piperidine rings is 1. The first-order chi connectivity index (χ1) is 13.9. The highest BCUT2D eigenvalue weighted by Crippen LogP contribution is 2.52. The molecule has 2 N–H and O–H groups in total. The van der Waals surface area contributed by atoms with Crippen molar-refractivity contribution >= 4 is 17.6 Å². The van der Waals surface area contributed by atoms with Crippen LogP contribution in [0.25, 0.3) is 0 Å². The van der Waals surface area contributed by atoms with E-state index in [1.54, 1.807) is 0 Å². The van der Waals surface area contributed by atoms with E-state index in [0.29, 0.717) is 30.0 Å². The maximum absolute atomic E-state index is 6.29. The van der Waals surface area contributed by atoms with Gasteiger partial charge in [-0.25, -0.2) is 0 Å². The second kappa shape index (κ2) is 8.44. The molecule has 2 saturated heterocycles. The summed E-state index contributed by atoms with van der Waals surface area (Å²) in [5.41, 5.74) is 1.45. The van der Waals surface area contributed by atoms with Gasteiger partial charge in [0.15, 0.2) is 5.96 Å². The smallest absolute Gasteiger partial charge is 0.191 e. The lowest BCUT2D eigenvalue weighted by atomic mass is 9.57. The summed E-state index contributed by atoms with van der Waals surface area (Å²) in [5, 5.41) is 8.14. The van der Waals surface area contributed by atoms with Crippen LogP contribution in [0.3, 0.4) is 0 Å². The molecule has 0 aromatic heterocycles.